The van der Waals surface area contributed by atoms with Gasteiger partial charge in [-0.15, -0.1) is 0 Å². The highest BCUT2D eigenvalue weighted by Gasteiger charge is 1.98. The summed E-state index contributed by atoms with van der Waals surface area (Å²) in [6.07, 6.45) is 3.98. The summed E-state index contributed by atoms with van der Waals surface area (Å²) < 4.78 is 2.02. The SMILES string of the molecule is CC(=NO)c1ccc(-n2cccc2)cc1. The Bertz CT molecular complexity index is 455. The van der Waals surface area contributed by atoms with Crippen LogP contribution in [0.3, 0.4) is 0 Å². The minimum atomic E-state index is 0.619. The number of hydrogen-bond donors (Lipinski definition) is 1. The minimum Gasteiger partial charge on any atom is -0.411 e. The average molecular weight is 200 g/mol. The van der Waals surface area contributed by atoms with Gasteiger partial charge in [0.05, 0.1) is 5.71 Å². The van der Waals surface area contributed by atoms with Gasteiger partial charge in [-0.25, -0.2) is 0 Å². The second kappa shape index (κ2) is 4.00. The molecule has 2 aromatic rings. The van der Waals surface area contributed by atoms with Crippen molar-refractivity contribution in [3.8, 4) is 5.69 Å². The van der Waals surface area contributed by atoms with Crippen molar-refractivity contribution in [1.82, 2.24) is 4.57 Å². The van der Waals surface area contributed by atoms with Crippen LogP contribution in [-0.2, 0) is 0 Å². The quantitative estimate of drug-likeness (QED) is 0.451. The largest absolute Gasteiger partial charge is 0.411 e. The smallest absolute Gasteiger partial charge is 0.0836 e. The van der Waals surface area contributed by atoms with Crippen LogP contribution in [0.1, 0.15) is 12.5 Å². The Balaban J connectivity index is 2.33. The van der Waals surface area contributed by atoms with E-state index in [0.29, 0.717) is 5.71 Å². The van der Waals surface area contributed by atoms with Crippen LogP contribution in [0.15, 0.2) is 53.9 Å². The summed E-state index contributed by atoms with van der Waals surface area (Å²) in [6.45, 7) is 1.77. The number of rotatable bonds is 2. The average Bonchev–Trinajstić information content (AvgIpc) is 2.82. The maximum atomic E-state index is 8.62. The third-order valence-electron chi connectivity index (χ3n) is 2.34. The highest BCUT2D eigenvalue weighted by atomic mass is 16.4. The molecule has 15 heavy (non-hydrogen) atoms. The summed E-state index contributed by atoms with van der Waals surface area (Å²) >= 11 is 0. The van der Waals surface area contributed by atoms with Gasteiger partial charge in [-0.05, 0) is 36.8 Å². The molecule has 0 bridgehead atoms. The van der Waals surface area contributed by atoms with Gasteiger partial charge in [0.1, 0.15) is 0 Å². The van der Waals surface area contributed by atoms with Gasteiger partial charge in [-0.2, -0.15) is 0 Å². The predicted molar refractivity (Wildman–Crippen MR) is 59.8 cm³/mol. The van der Waals surface area contributed by atoms with Crippen LogP contribution in [0.25, 0.3) is 5.69 Å². The van der Waals surface area contributed by atoms with Gasteiger partial charge in [0.2, 0.25) is 0 Å². The fourth-order valence-corrected chi connectivity index (χ4v) is 1.44. The molecule has 0 amide bonds. The fourth-order valence-electron chi connectivity index (χ4n) is 1.44. The van der Waals surface area contributed by atoms with Crippen LogP contribution in [0.4, 0.5) is 0 Å². The molecule has 3 heteroatoms. The van der Waals surface area contributed by atoms with Crippen molar-refractivity contribution >= 4 is 5.71 Å². The normalized spacial score (nSPS) is 11.7. The molecule has 3 nitrogen and oxygen atoms in total. The zero-order valence-corrected chi connectivity index (χ0v) is 8.46. The predicted octanol–water partition coefficient (Wildman–Crippen LogP) is 2.68. The van der Waals surface area contributed by atoms with E-state index in [0.717, 1.165) is 11.3 Å². The Morgan fingerprint density at radius 1 is 1.13 bits per heavy atom. The van der Waals surface area contributed by atoms with Gasteiger partial charge in [0, 0.05) is 18.1 Å². The molecule has 1 heterocycles. The molecule has 0 fully saturated rings. The summed E-state index contributed by atoms with van der Waals surface area (Å²) in [6, 6.07) is 11.8. The van der Waals surface area contributed by atoms with Crippen molar-refractivity contribution < 1.29 is 5.21 Å². The monoisotopic (exact) mass is 200 g/mol. The Hall–Kier alpha value is -2.03. The van der Waals surface area contributed by atoms with E-state index in [1.807, 2.05) is 53.4 Å². The van der Waals surface area contributed by atoms with Gasteiger partial charge in [0.15, 0.2) is 0 Å². The molecule has 1 aromatic heterocycles. The summed E-state index contributed by atoms with van der Waals surface area (Å²) in [7, 11) is 0. The number of hydrogen-bond acceptors (Lipinski definition) is 2. The van der Waals surface area contributed by atoms with E-state index in [9.17, 15) is 0 Å². The number of oxime groups is 1. The van der Waals surface area contributed by atoms with Crippen molar-refractivity contribution in [2.24, 2.45) is 5.16 Å². The van der Waals surface area contributed by atoms with E-state index in [4.69, 9.17) is 5.21 Å². The first kappa shape index (κ1) is 9.52. The van der Waals surface area contributed by atoms with Gasteiger partial charge < -0.3 is 9.77 Å². The Morgan fingerprint density at radius 2 is 1.73 bits per heavy atom. The molecule has 0 radical (unpaired) electrons. The van der Waals surface area contributed by atoms with Gasteiger partial charge in [0.25, 0.3) is 0 Å². The molecule has 0 unspecified atom stereocenters. The Labute approximate surface area is 88.3 Å². The Morgan fingerprint density at radius 3 is 2.27 bits per heavy atom. The van der Waals surface area contributed by atoms with Gasteiger partial charge in [-0.1, -0.05) is 17.3 Å². The molecular weight excluding hydrogens is 188 g/mol. The van der Waals surface area contributed by atoms with Crippen LogP contribution in [0, 0.1) is 0 Å². The highest BCUT2D eigenvalue weighted by Crippen LogP contribution is 2.10. The standard InChI is InChI=1S/C12H12N2O/c1-10(13-15)11-4-6-12(7-5-11)14-8-2-3-9-14/h2-9,15H,1H3. The lowest BCUT2D eigenvalue weighted by atomic mass is 10.1. The lowest BCUT2D eigenvalue weighted by molar-refractivity contribution is 0.319. The van der Waals surface area contributed by atoms with E-state index in [1.165, 1.54) is 0 Å². The van der Waals surface area contributed by atoms with E-state index in [2.05, 4.69) is 5.16 Å². The van der Waals surface area contributed by atoms with Gasteiger partial charge >= 0.3 is 0 Å². The van der Waals surface area contributed by atoms with E-state index in [-0.39, 0.29) is 0 Å². The maximum Gasteiger partial charge on any atom is 0.0836 e. The summed E-state index contributed by atoms with van der Waals surface area (Å²) in [5, 5.41) is 11.8. The van der Waals surface area contributed by atoms with E-state index < -0.39 is 0 Å². The molecule has 0 aliphatic heterocycles. The fraction of sp³-hybridized carbons (Fsp3) is 0.0833. The Kier molecular flexibility index (Phi) is 2.54. The second-order valence-electron chi connectivity index (χ2n) is 3.32. The molecule has 1 aromatic carbocycles. The first-order chi connectivity index (χ1) is 7.31. The second-order valence-corrected chi connectivity index (χ2v) is 3.32. The molecule has 76 valence electrons. The zero-order chi connectivity index (χ0) is 10.7. The van der Waals surface area contributed by atoms with Crippen LogP contribution in [0.2, 0.25) is 0 Å². The molecule has 1 N–H and O–H groups in total. The number of benzene rings is 1. The van der Waals surface area contributed by atoms with Crippen LogP contribution in [-0.4, -0.2) is 15.5 Å². The van der Waals surface area contributed by atoms with Crippen molar-refractivity contribution in [3.05, 3.63) is 54.4 Å². The van der Waals surface area contributed by atoms with Crippen molar-refractivity contribution in [2.45, 2.75) is 6.92 Å². The molecule has 0 saturated carbocycles. The van der Waals surface area contributed by atoms with Crippen molar-refractivity contribution in [2.75, 3.05) is 0 Å². The molecular formula is C12H12N2O. The van der Waals surface area contributed by atoms with E-state index in [1.54, 1.807) is 6.92 Å². The number of aromatic nitrogens is 1. The third kappa shape index (κ3) is 1.91. The molecule has 0 aliphatic rings. The number of nitrogens with zero attached hydrogens (tertiary/aromatic N) is 2. The molecule has 0 saturated heterocycles. The molecule has 0 aliphatic carbocycles. The summed E-state index contributed by atoms with van der Waals surface area (Å²) in [5.41, 5.74) is 2.64. The summed E-state index contributed by atoms with van der Waals surface area (Å²) in [5.74, 6) is 0. The van der Waals surface area contributed by atoms with Gasteiger partial charge in [-0.3, -0.25) is 0 Å². The third-order valence-corrected chi connectivity index (χ3v) is 2.34. The topological polar surface area (TPSA) is 37.5 Å². The van der Waals surface area contributed by atoms with E-state index >= 15 is 0 Å². The zero-order valence-electron chi connectivity index (χ0n) is 8.46. The lowest BCUT2D eigenvalue weighted by Gasteiger charge is -2.04. The van der Waals surface area contributed by atoms with Crippen LogP contribution < -0.4 is 0 Å². The molecule has 2 rings (SSSR count). The molecule has 0 atom stereocenters. The molecule has 0 spiro atoms. The first-order valence-electron chi connectivity index (χ1n) is 4.73. The van der Waals surface area contributed by atoms with Crippen molar-refractivity contribution in [3.63, 3.8) is 0 Å². The van der Waals surface area contributed by atoms with Crippen LogP contribution in [0.5, 0.6) is 0 Å². The van der Waals surface area contributed by atoms with Crippen LogP contribution >= 0.6 is 0 Å². The first-order valence-corrected chi connectivity index (χ1v) is 4.73. The minimum absolute atomic E-state index is 0.619. The highest BCUT2D eigenvalue weighted by molar-refractivity contribution is 5.98. The lowest BCUT2D eigenvalue weighted by Crippen LogP contribution is -1.95. The maximum absolute atomic E-state index is 8.62. The van der Waals surface area contributed by atoms with Crippen molar-refractivity contribution in [1.29, 1.82) is 0 Å². The summed E-state index contributed by atoms with van der Waals surface area (Å²) in [4.78, 5) is 0.